The normalized spacial score (nSPS) is 31.2. The molecule has 0 radical (unpaired) electrons. The molecule has 2 heterocycles. The van der Waals surface area contributed by atoms with E-state index in [1.165, 1.54) is 0 Å². The summed E-state index contributed by atoms with van der Waals surface area (Å²) in [5.74, 6) is 0.731. The molecule has 2 unspecified atom stereocenters. The number of amides is 1. The average molecular weight is 254 g/mol. The molecule has 1 amide bonds. The van der Waals surface area contributed by atoms with Gasteiger partial charge in [0, 0.05) is 24.5 Å². The van der Waals surface area contributed by atoms with Crippen molar-refractivity contribution in [2.24, 2.45) is 11.3 Å². The first-order valence-corrected chi connectivity index (χ1v) is 7.26. The van der Waals surface area contributed by atoms with E-state index in [1.54, 1.807) is 0 Å². The van der Waals surface area contributed by atoms with Gasteiger partial charge < -0.3 is 15.4 Å². The SMILES string of the molecule is CCC1OCCC1CNC(=O)C1(C)CCNCC1. The summed E-state index contributed by atoms with van der Waals surface area (Å²) >= 11 is 0. The van der Waals surface area contributed by atoms with Gasteiger partial charge in [-0.3, -0.25) is 4.79 Å². The van der Waals surface area contributed by atoms with Crippen molar-refractivity contribution in [3.63, 3.8) is 0 Å². The Hall–Kier alpha value is -0.610. The van der Waals surface area contributed by atoms with Crippen LogP contribution >= 0.6 is 0 Å². The first kappa shape index (κ1) is 13.8. The van der Waals surface area contributed by atoms with E-state index in [1.807, 2.05) is 0 Å². The highest BCUT2D eigenvalue weighted by Gasteiger charge is 2.35. The highest BCUT2D eigenvalue weighted by molar-refractivity contribution is 5.82. The minimum atomic E-state index is -0.174. The Morgan fingerprint density at radius 1 is 1.44 bits per heavy atom. The summed E-state index contributed by atoms with van der Waals surface area (Å²) in [7, 11) is 0. The monoisotopic (exact) mass is 254 g/mol. The van der Waals surface area contributed by atoms with Crippen LogP contribution in [-0.2, 0) is 9.53 Å². The Labute approximate surface area is 110 Å². The van der Waals surface area contributed by atoms with Gasteiger partial charge in [-0.05, 0) is 38.8 Å². The van der Waals surface area contributed by atoms with Crippen LogP contribution in [0.1, 0.15) is 39.5 Å². The van der Waals surface area contributed by atoms with Gasteiger partial charge in [-0.2, -0.15) is 0 Å². The first-order valence-electron chi connectivity index (χ1n) is 7.26. The third kappa shape index (κ3) is 3.04. The van der Waals surface area contributed by atoms with E-state index in [4.69, 9.17) is 4.74 Å². The summed E-state index contributed by atoms with van der Waals surface area (Å²) in [6.45, 7) is 7.77. The highest BCUT2D eigenvalue weighted by atomic mass is 16.5. The molecule has 2 fully saturated rings. The fourth-order valence-electron chi connectivity index (χ4n) is 3.02. The zero-order valence-electron chi connectivity index (χ0n) is 11.6. The van der Waals surface area contributed by atoms with E-state index in [2.05, 4.69) is 24.5 Å². The quantitative estimate of drug-likeness (QED) is 0.795. The standard InChI is InChI=1S/C14H26N2O2/c1-3-12-11(4-9-18-12)10-16-13(17)14(2)5-7-15-8-6-14/h11-12,15H,3-10H2,1-2H3,(H,16,17). The number of ether oxygens (including phenoxy) is 1. The van der Waals surface area contributed by atoms with Crippen molar-refractivity contribution >= 4 is 5.91 Å². The molecule has 0 aliphatic carbocycles. The third-order valence-corrected chi connectivity index (χ3v) is 4.53. The van der Waals surface area contributed by atoms with E-state index in [0.717, 1.165) is 51.9 Å². The van der Waals surface area contributed by atoms with Crippen LogP contribution in [0.5, 0.6) is 0 Å². The molecule has 2 aliphatic heterocycles. The lowest BCUT2D eigenvalue weighted by molar-refractivity contribution is -0.131. The molecule has 18 heavy (non-hydrogen) atoms. The maximum Gasteiger partial charge on any atom is 0.226 e. The van der Waals surface area contributed by atoms with Crippen molar-refractivity contribution in [1.29, 1.82) is 0 Å². The van der Waals surface area contributed by atoms with Gasteiger partial charge in [0.15, 0.2) is 0 Å². The van der Waals surface area contributed by atoms with Crippen LogP contribution in [0.15, 0.2) is 0 Å². The maximum absolute atomic E-state index is 12.3. The second-order valence-corrected chi connectivity index (χ2v) is 5.89. The van der Waals surface area contributed by atoms with Gasteiger partial charge in [-0.1, -0.05) is 13.8 Å². The van der Waals surface area contributed by atoms with Crippen LogP contribution in [0, 0.1) is 11.3 Å². The van der Waals surface area contributed by atoms with Gasteiger partial charge in [-0.15, -0.1) is 0 Å². The molecule has 0 spiro atoms. The van der Waals surface area contributed by atoms with Gasteiger partial charge >= 0.3 is 0 Å². The van der Waals surface area contributed by atoms with Crippen molar-refractivity contribution in [3.05, 3.63) is 0 Å². The topological polar surface area (TPSA) is 50.4 Å². The summed E-state index contributed by atoms with van der Waals surface area (Å²) in [6.07, 6.45) is 4.35. The summed E-state index contributed by atoms with van der Waals surface area (Å²) in [5.41, 5.74) is -0.174. The van der Waals surface area contributed by atoms with E-state index in [-0.39, 0.29) is 11.3 Å². The average Bonchev–Trinajstić information content (AvgIpc) is 2.84. The van der Waals surface area contributed by atoms with Crippen molar-refractivity contribution in [1.82, 2.24) is 10.6 Å². The largest absolute Gasteiger partial charge is 0.378 e. The number of nitrogens with one attached hydrogen (secondary N) is 2. The molecule has 2 saturated heterocycles. The van der Waals surface area contributed by atoms with Gasteiger partial charge in [0.1, 0.15) is 0 Å². The first-order chi connectivity index (χ1) is 8.65. The molecule has 2 aliphatic rings. The fourth-order valence-corrected chi connectivity index (χ4v) is 3.02. The fraction of sp³-hybridized carbons (Fsp3) is 0.929. The Balaban J connectivity index is 1.80. The van der Waals surface area contributed by atoms with Crippen LogP contribution in [0.25, 0.3) is 0 Å². The molecule has 104 valence electrons. The predicted molar refractivity (Wildman–Crippen MR) is 71.4 cm³/mol. The molecule has 0 aromatic rings. The number of piperidine rings is 1. The molecule has 4 heteroatoms. The van der Waals surface area contributed by atoms with Gasteiger partial charge in [-0.25, -0.2) is 0 Å². The number of carbonyl (C=O) groups is 1. The van der Waals surface area contributed by atoms with Crippen LogP contribution in [0.3, 0.4) is 0 Å². The van der Waals surface area contributed by atoms with E-state index in [9.17, 15) is 4.79 Å². The Morgan fingerprint density at radius 2 is 2.17 bits per heavy atom. The Kier molecular flexibility index (Phi) is 4.62. The second-order valence-electron chi connectivity index (χ2n) is 5.89. The van der Waals surface area contributed by atoms with Crippen LogP contribution < -0.4 is 10.6 Å². The van der Waals surface area contributed by atoms with E-state index in [0.29, 0.717) is 12.0 Å². The summed E-state index contributed by atoms with van der Waals surface area (Å²) in [5, 5.41) is 6.46. The zero-order valence-corrected chi connectivity index (χ0v) is 11.6. The van der Waals surface area contributed by atoms with Crippen LogP contribution in [0.4, 0.5) is 0 Å². The van der Waals surface area contributed by atoms with E-state index < -0.39 is 0 Å². The smallest absolute Gasteiger partial charge is 0.226 e. The molecule has 0 aromatic carbocycles. The third-order valence-electron chi connectivity index (χ3n) is 4.53. The molecule has 2 N–H and O–H groups in total. The lowest BCUT2D eigenvalue weighted by Crippen LogP contribution is -2.47. The molecule has 0 aromatic heterocycles. The molecule has 2 rings (SSSR count). The van der Waals surface area contributed by atoms with Gasteiger partial charge in [0.2, 0.25) is 5.91 Å². The Morgan fingerprint density at radius 3 is 2.83 bits per heavy atom. The number of carbonyl (C=O) groups excluding carboxylic acids is 1. The molecule has 0 bridgehead atoms. The van der Waals surface area contributed by atoms with E-state index >= 15 is 0 Å². The highest BCUT2D eigenvalue weighted by Crippen LogP contribution is 2.28. The number of hydrogen-bond acceptors (Lipinski definition) is 3. The van der Waals surface area contributed by atoms with Crippen molar-refractivity contribution < 1.29 is 9.53 Å². The molecule has 0 saturated carbocycles. The molecular weight excluding hydrogens is 228 g/mol. The summed E-state index contributed by atoms with van der Waals surface area (Å²) in [6, 6.07) is 0. The van der Waals surface area contributed by atoms with Gasteiger partial charge in [0.25, 0.3) is 0 Å². The van der Waals surface area contributed by atoms with Crippen molar-refractivity contribution in [2.45, 2.75) is 45.6 Å². The molecular formula is C14H26N2O2. The maximum atomic E-state index is 12.3. The van der Waals surface area contributed by atoms with Crippen molar-refractivity contribution in [3.8, 4) is 0 Å². The minimum Gasteiger partial charge on any atom is -0.378 e. The lowest BCUT2D eigenvalue weighted by Gasteiger charge is -2.33. The zero-order chi connectivity index (χ0) is 13.0. The van der Waals surface area contributed by atoms with Crippen LogP contribution in [0.2, 0.25) is 0 Å². The second kappa shape index (κ2) is 6.02. The lowest BCUT2D eigenvalue weighted by atomic mass is 9.80. The van der Waals surface area contributed by atoms with Crippen molar-refractivity contribution in [2.75, 3.05) is 26.2 Å². The molecule has 4 nitrogen and oxygen atoms in total. The predicted octanol–water partition coefficient (Wildman–Crippen LogP) is 1.31. The summed E-state index contributed by atoms with van der Waals surface area (Å²) < 4.78 is 5.66. The summed E-state index contributed by atoms with van der Waals surface area (Å²) in [4.78, 5) is 12.3. The Bertz CT molecular complexity index is 288. The number of rotatable bonds is 4. The minimum absolute atomic E-state index is 0.174. The number of hydrogen-bond donors (Lipinski definition) is 2. The molecule has 2 atom stereocenters. The van der Waals surface area contributed by atoms with Crippen LogP contribution in [-0.4, -0.2) is 38.3 Å². The van der Waals surface area contributed by atoms with Gasteiger partial charge in [0.05, 0.1) is 6.10 Å².